The van der Waals surface area contributed by atoms with Gasteiger partial charge in [0.15, 0.2) is 0 Å². The lowest BCUT2D eigenvalue weighted by atomic mass is 9.93. The number of carbonyl (C=O) groups excluding carboxylic acids is 1. The van der Waals surface area contributed by atoms with Gasteiger partial charge in [-0.05, 0) is 51.6 Å². The second kappa shape index (κ2) is 8.48. The van der Waals surface area contributed by atoms with Crippen LogP contribution in [0.4, 0.5) is 0 Å². The molecule has 1 fully saturated rings. The molecule has 0 radical (unpaired) electrons. The topological polar surface area (TPSA) is 52.6 Å². The molecule has 1 aliphatic heterocycles. The summed E-state index contributed by atoms with van der Waals surface area (Å²) in [5.74, 6) is 0.969. The van der Waals surface area contributed by atoms with Crippen molar-refractivity contribution >= 4 is 5.91 Å². The van der Waals surface area contributed by atoms with Gasteiger partial charge in [-0.3, -0.25) is 4.79 Å². The predicted octanol–water partition coefficient (Wildman–Crippen LogP) is 0.997. The molecule has 0 atom stereocenters. The van der Waals surface area contributed by atoms with Gasteiger partial charge in [0.2, 0.25) is 5.91 Å². The van der Waals surface area contributed by atoms with Gasteiger partial charge in [0, 0.05) is 26.1 Å². The molecule has 0 aromatic heterocycles. The quantitative estimate of drug-likeness (QED) is 0.700. The van der Waals surface area contributed by atoms with Gasteiger partial charge < -0.3 is 15.3 Å². The van der Waals surface area contributed by atoms with Crippen molar-refractivity contribution in [2.75, 3.05) is 32.8 Å². The van der Waals surface area contributed by atoms with Crippen LogP contribution in [0, 0.1) is 5.92 Å². The lowest BCUT2D eigenvalue weighted by Gasteiger charge is -2.24. The first-order chi connectivity index (χ1) is 8.27. The number of amides is 1. The Morgan fingerprint density at radius 3 is 2.71 bits per heavy atom. The monoisotopic (exact) mass is 242 g/mol. The number of aliphatic hydroxyl groups is 1. The van der Waals surface area contributed by atoms with Crippen molar-refractivity contribution in [1.82, 2.24) is 10.2 Å². The van der Waals surface area contributed by atoms with E-state index < -0.39 is 0 Å². The molecule has 0 aromatic rings. The number of aliphatic hydroxyl groups excluding tert-OH is 1. The lowest BCUT2D eigenvalue weighted by Crippen LogP contribution is -2.33. The Balaban J connectivity index is 2.21. The smallest absolute Gasteiger partial charge is 0.222 e. The van der Waals surface area contributed by atoms with E-state index in [0.29, 0.717) is 19.4 Å². The van der Waals surface area contributed by atoms with Crippen molar-refractivity contribution in [3.63, 3.8) is 0 Å². The zero-order valence-electron chi connectivity index (χ0n) is 11.0. The van der Waals surface area contributed by atoms with Crippen LogP contribution >= 0.6 is 0 Å². The van der Waals surface area contributed by atoms with E-state index in [1.54, 1.807) is 0 Å². The van der Waals surface area contributed by atoms with E-state index in [-0.39, 0.29) is 12.5 Å². The van der Waals surface area contributed by atoms with Crippen LogP contribution in [0.15, 0.2) is 0 Å². The largest absolute Gasteiger partial charge is 0.396 e. The van der Waals surface area contributed by atoms with Crippen LogP contribution in [-0.4, -0.2) is 48.7 Å². The van der Waals surface area contributed by atoms with Gasteiger partial charge in [-0.1, -0.05) is 0 Å². The Labute approximate surface area is 104 Å². The van der Waals surface area contributed by atoms with Crippen molar-refractivity contribution in [2.45, 2.75) is 39.0 Å². The van der Waals surface area contributed by atoms with Gasteiger partial charge >= 0.3 is 0 Å². The SMILES string of the molecule is CCN(CCCO)C(=O)CCC1CCNCC1. The first kappa shape index (κ1) is 14.5. The van der Waals surface area contributed by atoms with Crippen LogP contribution in [0.2, 0.25) is 0 Å². The first-order valence-corrected chi connectivity index (χ1v) is 6.87. The lowest BCUT2D eigenvalue weighted by molar-refractivity contribution is -0.131. The van der Waals surface area contributed by atoms with Crippen LogP contribution < -0.4 is 5.32 Å². The van der Waals surface area contributed by atoms with Crippen molar-refractivity contribution in [1.29, 1.82) is 0 Å². The van der Waals surface area contributed by atoms with E-state index >= 15 is 0 Å². The molecule has 1 heterocycles. The van der Waals surface area contributed by atoms with Gasteiger partial charge in [-0.2, -0.15) is 0 Å². The van der Waals surface area contributed by atoms with E-state index in [9.17, 15) is 4.79 Å². The molecule has 0 aliphatic carbocycles. The van der Waals surface area contributed by atoms with Crippen LogP contribution in [0.3, 0.4) is 0 Å². The van der Waals surface area contributed by atoms with Crippen LogP contribution in [0.25, 0.3) is 0 Å². The summed E-state index contributed by atoms with van der Waals surface area (Å²) < 4.78 is 0. The molecular formula is C13H26N2O2. The molecule has 0 unspecified atom stereocenters. The Hall–Kier alpha value is -0.610. The molecule has 100 valence electrons. The number of nitrogens with one attached hydrogen (secondary N) is 1. The van der Waals surface area contributed by atoms with Gasteiger partial charge in [0.25, 0.3) is 0 Å². The molecule has 0 bridgehead atoms. The Morgan fingerprint density at radius 1 is 1.41 bits per heavy atom. The average molecular weight is 242 g/mol. The number of hydrogen-bond donors (Lipinski definition) is 2. The van der Waals surface area contributed by atoms with E-state index in [1.807, 2.05) is 11.8 Å². The normalized spacial score (nSPS) is 17.1. The molecule has 0 spiro atoms. The minimum Gasteiger partial charge on any atom is -0.396 e. The summed E-state index contributed by atoms with van der Waals surface area (Å²) in [6.45, 7) is 5.81. The summed E-state index contributed by atoms with van der Waals surface area (Å²) in [5, 5.41) is 12.1. The fourth-order valence-electron chi connectivity index (χ4n) is 2.38. The van der Waals surface area contributed by atoms with Gasteiger partial charge in [0.1, 0.15) is 0 Å². The predicted molar refractivity (Wildman–Crippen MR) is 68.8 cm³/mol. The Morgan fingerprint density at radius 2 is 2.12 bits per heavy atom. The Kier molecular flexibility index (Phi) is 7.21. The third-order valence-electron chi connectivity index (χ3n) is 3.55. The molecular weight excluding hydrogens is 216 g/mol. The van der Waals surface area contributed by atoms with Crippen LogP contribution in [-0.2, 0) is 4.79 Å². The van der Waals surface area contributed by atoms with Gasteiger partial charge in [0.05, 0.1) is 0 Å². The van der Waals surface area contributed by atoms with Crippen molar-refractivity contribution < 1.29 is 9.90 Å². The van der Waals surface area contributed by atoms with Crippen molar-refractivity contribution in [2.24, 2.45) is 5.92 Å². The molecule has 17 heavy (non-hydrogen) atoms. The summed E-state index contributed by atoms with van der Waals surface area (Å²) in [6, 6.07) is 0. The fraction of sp³-hybridized carbons (Fsp3) is 0.923. The van der Waals surface area contributed by atoms with E-state index in [1.165, 1.54) is 12.8 Å². The fourth-order valence-corrected chi connectivity index (χ4v) is 2.38. The number of piperidine rings is 1. The number of nitrogens with zero attached hydrogens (tertiary/aromatic N) is 1. The number of rotatable bonds is 7. The summed E-state index contributed by atoms with van der Waals surface area (Å²) in [6.07, 6.45) is 4.79. The summed E-state index contributed by atoms with van der Waals surface area (Å²) in [7, 11) is 0. The molecule has 0 saturated carbocycles. The van der Waals surface area contributed by atoms with Gasteiger partial charge in [-0.15, -0.1) is 0 Å². The zero-order valence-corrected chi connectivity index (χ0v) is 11.0. The highest BCUT2D eigenvalue weighted by Gasteiger charge is 2.16. The summed E-state index contributed by atoms with van der Waals surface area (Å²) >= 11 is 0. The van der Waals surface area contributed by atoms with E-state index in [4.69, 9.17) is 5.11 Å². The minimum atomic E-state index is 0.165. The molecule has 2 N–H and O–H groups in total. The standard InChI is InChI=1S/C13H26N2O2/c1-2-15(10-3-11-16)13(17)5-4-12-6-8-14-9-7-12/h12,14,16H,2-11H2,1H3. The molecule has 1 rings (SSSR count). The maximum absolute atomic E-state index is 12.0. The highest BCUT2D eigenvalue weighted by molar-refractivity contribution is 5.76. The maximum atomic E-state index is 12.0. The second-order valence-electron chi connectivity index (χ2n) is 4.78. The highest BCUT2D eigenvalue weighted by Crippen LogP contribution is 2.18. The third-order valence-corrected chi connectivity index (χ3v) is 3.55. The summed E-state index contributed by atoms with van der Waals surface area (Å²) in [5.41, 5.74) is 0. The van der Waals surface area contributed by atoms with Crippen LogP contribution in [0.1, 0.15) is 39.0 Å². The van der Waals surface area contributed by atoms with E-state index in [0.717, 1.165) is 32.0 Å². The zero-order chi connectivity index (χ0) is 12.5. The second-order valence-corrected chi connectivity index (χ2v) is 4.78. The van der Waals surface area contributed by atoms with Crippen LogP contribution in [0.5, 0.6) is 0 Å². The minimum absolute atomic E-state index is 0.165. The Bertz CT molecular complexity index is 215. The average Bonchev–Trinajstić information content (AvgIpc) is 2.38. The first-order valence-electron chi connectivity index (χ1n) is 6.87. The van der Waals surface area contributed by atoms with E-state index in [2.05, 4.69) is 5.32 Å². The highest BCUT2D eigenvalue weighted by atomic mass is 16.3. The summed E-state index contributed by atoms with van der Waals surface area (Å²) in [4.78, 5) is 13.8. The molecule has 0 aromatic carbocycles. The van der Waals surface area contributed by atoms with Gasteiger partial charge in [-0.25, -0.2) is 0 Å². The third kappa shape index (κ3) is 5.50. The molecule has 4 heteroatoms. The maximum Gasteiger partial charge on any atom is 0.222 e. The molecule has 1 saturated heterocycles. The number of carbonyl (C=O) groups is 1. The van der Waals surface area contributed by atoms with Crippen molar-refractivity contribution in [3.05, 3.63) is 0 Å². The molecule has 1 aliphatic rings. The van der Waals surface area contributed by atoms with Crippen molar-refractivity contribution in [3.8, 4) is 0 Å². The molecule has 1 amide bonds. The number of hydrogen-bond acceptors (Lipinski definition) is 3. The molecule has 4 nitrogen and oxygen atoms in total.